The Bertz CT molecular complexity index is 531. The van der Waals surface area contributed by atoms with Gasteiger partial charge in [-0.15, -0.1) is 0 Å². The number of aliphatic hydroxyl groups is 1. The maximum atomic E-state index is 12.6. The number of carbonyl (C=O) groups excluding carboxylic acids is 1. The minimum absolute atomic E-state index is 0.0918. The van der Waals surface area contributed by atoms with Crippen molar-refractivity contribution in [3.05, 3.63) is 35.9 Å². The fraction of sp³-hybridized carbons (Fsp3) is 0.650. The highest BCUT2D eigenvalue weighted by atomic mass is 16.5. The predicted molar refractivity (Wildman–Crippen MR) is 93.6 cm³/mol. The van der Waals surface area contributed by atoms with Gasteiger partial charge in [0.25, 0.3) is 0 Å². The van der Waals surface area contributed by atoms with E-state index in [0.29, 0.717) is 19.4 Å². The molecule has 132 valence electrons. The van der Waals surface area contributed by atoms with E-state index >= 15 is 0 Å². The molecule has 4 nitrogen and oxygen atoms in total. The summed E-state index contributed by atoms with van der Waals surface area (Å²) in [6.07, 6.45) is 6.57. The van der Waals surface area contributed by atoms with Gasteiger partial charge >= 0.3 is 0 Å². The third kappa shape index (κ3) is 3.65. The number of carbonyl (C=O) groups is 1. The fourth-order valence-corrected chi connectivity index (χ4v) is 4.30. The molecular weight excluding hydrogens is 302 g/mol. The summed E-state index contributed by atoms with van der Waals surface area (Å²) in [4.78, 5) is 14.6. The third-order valence-corrected chi connectivity index (χ3v) is 5.48. The topological polar surface area (TPSA) is 49.8 Å². The van der Waals surface area contributed by atoms with Crippen molar-refractivity contribution in [1.82, 2.24) is 4.90 Å². The van der Waals surface area contributed by atoms with Crippen molar-refractivity contribution in [1.29, 1.82) is 0 Å². The first-order valence-electron chi connectivity index (χ1n) is 9.31. The van der Waals surface area contributed by atoms with Gasteiger partial charge in [0.1, 0.15) is 6.61 Å². The number of amides is 1. The fourth-order valence-electron chi connectivity index (χ4n) is 4.30. The zero-order chi connectivity index (χ0) is 17.0. The SMILES string of the molecule is CCCCCOCC(=O)N1C2CCC1CC(O)(c1ccccc1)C2. The smallest absolute Gasteiger partial charge is 0.249 e. The summed E-state index contributed by atoms with van der Waals surface area (Å²) < 4.78 is 5.56. The van der Waals surface area contributed by atoms with Gasteiger partial charge in [-0.05, 0) is 24.8 Å². The van der Waals surface area contributed by atoms with Crippen LogP contribution in [-0.4, -0.2) is 41.2 Å². The zero-order valence-corrected chi connectivity index (χ0v) is 14.6. The zero-order valence-electron chi connectivity index (χ0n) is 14.6. The summed E-state index contributed by atoms with van der Waals surface area (Å²) in [5, 5.41) is 11.1. The van der Waals surface area contributed by atoms with Crippen molar-refractivity contribution in [2.45, 2.75) is 69.6 Å². The Morgan fingerprint density at radius 3 is 2.50 bits per heavy atom. The van der Waals surface area contributed by atoms with Crippen molar-refractivity contribution in [3.8, 4) is 0 Å². The highest BCUT2D eigenvalue weighted by Gasteiger charge is 2.49. The van der Waals surface area contributed by atoms with E-state index in [2.05, 4.69) is 6.92 Å². The quantitative estimate of drug-likeness (QED) is 0.780. The van der Waals surface area contributed by atoms with Gasteiger partial charge < -0.3 is 14.7 Å². The number of unbranched alkanes of at least 4 members (excludes halogenated alkanes) is 2. The summed E-state index contributed by atoms with van der Waals surface area (Å²) in [6.45, 7) is 3.00. The normalized spacial score (nSPS) is 29.0. The molecule has 0 aromatic heterocycles. The third-order valence-electron chi connectivity index (χ3n) is 5.48. The lowest BCUT2D eigenvalue weighted by Gasteiger charge is -2.44. The second-order valence-electron chi connectivity index (χ2n) is 7.25. The molecule has 24 heavy (non-hydrogen) atoms. The summed E-state index contributed by atoms with van der Waals surface area (Å²) in [5.41, 5.74) is 0.177. The molecule has 0 spiro atoms. The summed E-state index contributed by atoms with van der Waals surface area (Å²) >= 11 is 0. The molecule has 2 saturated heterocycles. The van der Waals surface area contributed by atoms with Gasteiger partial charge in [-0.25, -0.2) is 0 Å². The first-order chi connectivity index (χ1) is 11.6. The van der Waals surface area contributed by atoms with Crippen molar-refractivity contribution in [3.63, 3.8) is 0 Å². The van der Waals surface area contributed by atoms with Gasteiger partial charge in [0.2, 0.25) is 5.91 Å². The average Bonchev–Trinajstić information content (AvgIpc) is 2.88. The molecule has 1 N–H and O–H groups in total. The lowest BCUT2D eigenvalue weighted by atomic mass is 9.80. The highest BCUT2D eigenvalue weighted by molar-refractivity contribution is 5.78. The van der Waals surface area contributed by atoms with E-state index in [1.54, 1.807) is 0 Å². The van der Waals surface area contributed by atoms with Crippen LogP contribution in [-0.2, 0) is 15.1 Å². The molecule has 1 amide bonds. The van der Waals surface area contributed by atoms with E-state index in [4.69, 9.17) is 4.74 Å². The molecule has 2 heterocycles. The van der Waals surface area contributed by atoms with Crippen molar-refractivity contribution in [2.24, 2.45) is 0 Å². The van der Waals surface area contributed by atoms with Crippen LogP contribution in [0.15, 0.2) is 30.3 Å². The van der Waals surface area contributed by atoms with Gasteiger partial charge in [-0.3, -0.25) is 4.79 Å². The Kier molecular flexibility index (Phi) is 5.57. The van der Waals surface area contributed by atoms with E-state index < -0.39 is 5.60 Å². The molecule has 0 radical (unpaired) electrons. The Morgan fingerprint density at radius 2 is 1.88 bits per heavy atom. The van der Waals surface area contributed by atoms with E-state index in [1.165, 1.54) is 0 Å². The molecule has 4 heteroatoms. The molecule has 2 bridgehead atoms. The second-order valence-corrected chi connectivity index (χ2v) is 7.25. The maximum Gasteiger partial charge on any atom is 0.249 e. The molecule has 2 atom stereocenters. The van der Waals surface area contributed by atoms with Crippen LogP contribution in [0.1, 0.15) is 57.4 Å². The number of rotatable bonds is 7. The van der Waals surface area contributed by atoms with Crippen LogP contribution >= 0.6 is 0 Å². The molecule has 0 aliphatic carbocycles. The van der Waals surface area contributed by atoms with Crippen LogP contribution in [0.25, 0.3) is 0 Å². The molecule has 2 aliphatic heterocycles. The van der Waals surface area contributed by atoms with E-state index in [-0.39, 0.29) is 24.6 Å². The number of piperidine rings is 1. The predicted octanol–water partition coefficient (Wildman–Crippen LogP) is 3.23. The molecular formula is C20H29NO3. The molecule has 0 saturated carbocycles. The van der Waals surface area contributed by atoms with E-state index in [1.807, 2.05) is 35.2 Å². The second kappa shape index (κ2) is 7.66. The number of ether oxygens (including phenoxy) is 1. The Balaban J connectivity index is 1.59. The summed E-state index contributed by atoms with van der Waals surface area (Å²) in [5.74, 6) is 0.0918. The van der Waals surface area contributed by atoms with E-state index in [9.17, 15) is 9.90 Å². The van der Waals surface area contributed by atoms with Crippen LogP contribution < -0.4 is 0 Å². The first-order valence-corrected chi connectivity index (χ1v) is 9.31. The molecule has 2 fully saturated rings. The van der Waals surface area contributed by atoms with Crippen molar-refractivity contribution in [2.75, 3.05) is 13.2 Å². The largest absolute Gasteiger partial charge is 0.385 e. The number of hydrogen-bond donors (Lipinski definition) is 1. The van der Waals surface area contributed by atoms with Crippen LogP contribution in [0.3, 0.4) is 0 Å². The van der Waals surface area contributed by atoms with Crippen LogP contribution in [0.2, 0.25) is 0 Å². The molecule has 2 unspecified atom stereocenters. The molecule has 1 aromatic rings. The lowest BCUT2D eigenvalue weighted by molar-refractivity contribution is -0.146. The highest BCUT2D eigenvalue weighted by Crippen LogP contribution is 2.45. The number of nitrogens with zero attached hydrogens (tertiary/aromatic N) is 1. The molecule has 1 aromatic carbocycles. The first kappa shape index (κ1) is 17.4. The Labute approximate surface area is 144 Å². The monoisotopic (exact) mass is 331 g/mol. The van der Waals surface area contributed by atoms with Crippen molar-refractivity contribution < 1.29 is 14.6 Å². The Morgan fingerprint density at radius 1 is 1.21 bits per heavy atom. The summed E-state index contributed by atoms with van der Waals surface area (Å²) in [6, 6.07) is 10.2. The number of fused-ring (bicyclic) bond motifs is 2. The van der Waals surface area contributed by atoms with E-state index in [0.717, 1.165) is 37.7 Å². The lowest BCUT2D eigenvalue weighted by Crippen LogP contribution is -2.52. The maximum absolute atomic E-state index is 12.6. The number of hydrogen-bond acceptors (Lipinski definition) is 3. The van der Waals surface area contributed by atoms with Gasteiger partial charge in [-0.2, -0.15) is 0 Å². The number of benzene rings is 1. The standard InChI is InChI=1S/C20H29NO3/c1-2-3-7-12-24-15-19(22)21-17-10-11-18(21)14-20(23,13-17)16-8-5-4-6-9-16/h4-6,8-9,17-18,23H,2-3,7,10-15H2,1H3. The van der Waals surface area contributed by atoms with Gasteiger partial charge in [0.15, 0.2) is 0 Å². The van der Waals surface area contributed by atoms with Crippen molar-refractivity contribution >= 4 is 5.91 Å². The summed E-state index contributed by atoms with van der Waals surface area (Å²) in [7, 11) is 0. The average molecular weight is 331 g/mol. The molecule has 3 rings (SSSR count). The van der Waals surface area contributed by atoms with Gasteiger partial charge in [-0.1, -0.05) is 50.1 Å². The van der Waals surface area contributed by atoms with Gasteiger partial charge in [0.05, 0.1) is 5.60 Å². The minimum Gasteiger partial charge on any atom is -0.385 e. The Hall–Kier alpha value is -1.39. The van der Waals surface area contributed by atoms with Gasteiger partial charge in [0, 0.05) is 31.5 Å². The van der Waals surface area contributed by atoms with Crippen LogP contribution in [0.5, 0.6) is 0 Å². The molecule has 2 aliphatic rings. The van der Waals surface area contributed by atoms with Crippen LogP contribution in [0.4, 0.5) is 0 Å². The van der Waals surface area contributed by atoms with Crippen LogP contribution in [0, 0.1) is 0 Å². The minimum atomic E-state index is -0.800.